The molecule has 2 rings (SSSR count). The first-order valence-corrected chi connectivity index (χ1v) is 6.88. The molecule has 20 heavy (non-hydrogen) atoms. The third kappa shape index (κ3) is 4.03. The number of anilines is 1. The van der Waals surface area contributed by atoms with E-state index in [0.29, 0.717) is 0 Å². The molecule has 106 valence electrons. The van der Waals surface area contributed by atoms with Crippen LogP contribution in [0.5, 0.6) is 0 Å². The number of nitrogens with two attached hydrogens (primary N) is 1. The van der Waals surface area contributed by atoms with Crippen molar-refractivity contribution in [3.63, 3.8) is 0 Å². The molecule has 2 aromatic rings. The van der Waals surface area contributed by atoms with Gasteiger partial charge in [-0.05, 0) is 31.4 Å². The van der Waals surface area contributed by atoms with Gasteiger partial charge in [-0.1, -0.05) is 29.8 Å². The second kappa shape index (κ2) is 6.48. The number of aryl methyl sites for hydroxylation is 1. The van der Waals surface area contributed by atoms with E-state index in [9.17, 15) is 0 Å². The first-order chi connectivity index (χ1) is 9.54. The largest absolute Gasteiger partial charge is 0.340 e. The fraction of sp³-hybridized carbons (Fsp3) is 0.375. The van der Waals surface area contributed by atoms with Crippen LogP contribution in [0.1, 0.15) is 23.6 Å². The van der Waals surface area contributed by atoms with Gasteiger partial charge in [0.15, 0.2) is 0 Å². The molecule has 0 saturated heterocycles. The van der Waals surface area contributed by atoms with Crippen LogP contribution in [0.3, 0.4) is 0 Å². The van der Waals surface area contributed by atoms with Gasteiger partial charge in [0.25, 0.3) is 0 Å². The fourth-order valence-corrected chi connectivity index (χ4v) is 2.06. The number of benzene rings is 1. The zero-order valence-corrected chi connectivity index (χ0v) is 12.4. The van der Waals surface area contributed by atoms with E-state index in [2.05, 4.69) is 41.2 Å². The SMILES string of the molecule is Cc1ccc(CN(C)c2ncc(CC(C)N)cn2)cc1. The highest BCUT2D eigenvalue weighted by Gasteiger charge is 2.06. The monoisotopic (exact) mass is 270 g/mol. The lowest BCUT2D eigenvalue weighted by Crippen LogP contribution is -2.20. The molecule has 0 spiro atoms. The van der Waals surface area contributed by atoms with E-state index < -0.39 is 0 Å². The summed E-state index contributed by atoms with van der Waals surface area (Å²) in [5.41, 5.74) is 9.37. The lowest BCUT2D eigenvalue weighted by atomic mass is 10.1. The summed E-state index contributed by atoms with van der Waals surface area (Å²) in [6.07, 6.45) is 4.52. The molecular weight excluding hydrogens is 248 g/mol. The normalized spacial score (nSPS) is 12.2. The molecule has 0 fully saturated rings. The summed E-state index contributed by atoms with van der Waals surface area (Å²) in [6.45, 7) is 4.87. The van der Waals surface area contributed by atoms with Gasteiger partial charge in [-0.3, -0.25) is 0 Å². The van der Waals surface area contributed by atoms with Crippen molar-refractivity contribution in [3.05, 3.63) is 53.3 Å². The van der Waals surface area contributed by atoms with Crippen LogP contribution < -0.4 is 10.6 Å². The van der Waals surface area contributed by atoms with E-state index >= 15 is 0 Å². The Labute approximate surface area is 120 Å². The van der Waals surface area contributed by atoms with Gasteiger partial charge in [0.1, 0.15) is 0 Å². The lowest BCUT2D eigenvalue weighted by Gasteiger charge is -2.17. The van der Waals surface area contributed by atoms with Crippen LogP contribution in [0.25, 0.3) is 0 Å². The van der Waals surface area contributed by atoms with Crippen LogP contribution in [0.4, 0.5) is 5.95 Å². The first kappa shape index (κ1) is 14.5. The van der Waals surface area contributed by atoms with E-state index in [4.69, 9.17) is 5.73 Å². The molecule has 1 aromatic carbocycles. The summed E-state index contributed by atoms with van der Waals surface area (Å²) in [7, 11) is 2.00. The van der Waals surface area contributed by atoms with Gasteiger partial charge < -0.3 is 10.6 Å². The Morgan fingerprint density at radius 3 is 2.25 bits per heavy atom. The smallest absolute Gasteiger partial charge is 0.225 e. The molecule has 4 heteroatoms. The third-order valence-electron chi connectivity index (χ3n) is 3.13. The summed E-state index contributed by atoms with van der Waals surface area (Å²) in [6, 6.07) is 8.65. The minimum atomic E-state index is 0.134. The van der Waals surface area contributed by atoms with E-state index in [0.717, 1.165) is 24.5 Å². The van der Waals surface area contributed by atoms with E-state index in [-0.39, 0.29) is 6.04 Å². The molecule has 0 bridgehead atoms. The summed E-state index contributed by atoms with van der Waals surface area (Å²) >= 11 is 0. The molecular formula is C16H22N4. The first-order valence-electron chi connectivity index (χ1n) is 6.88. The van der Waals surface area contributed by atoms with E-state index in [1.165, 1.54) is 11.1 Å². The van der Waals surface area contributed by atoms with Crippen LogP contribution in [-0.4, -0.2) is 23.1 Å². The van der Waals surface area contributed by atoms with Gasteiger partial charge >= 0.3 is 0 Å². The molecule has 0 saturated carbocycles. The molecule has 1 aromatic heterocycles. The van der Waals surface area contributed by atoms with Crippen LogP contribution >= 0.6 is 0 Å². The highest BCUT2D eigenvalue weighted by atomic mass is 15.2. The van der Waals surface area contributed by atoms with Crippen molar-refractivity contribution in [1.82, 2.24) is 9.97 Å². The molecule has 2 N–H and O–H groups in total. The van der Waals surface area contributed by atoms with Crippen molar-refractivity contribution in [2.24, 2.45) is 5.73 Å². The Morgan fingerprint density at radius 1 is 1.10 bits per heavy atom. The minimum absolute atomic E-state index is 0.134. The predicted octanol–water partition coefficient (Wildman–Crippen LogP) is 2.31. The Morgan fingerprint density at radius 2 is 1.70 bits per heavy atom. The molecule has 4 nitrogen and oxygen atoms in total. The van der Waals surface area contributed by atoms with Crippen LogP contribution in [0, 0.1) is 6.92 Å². The van der Waals surface area contributed by atoms with Crippen molar-refractivity contribution in [3.8, 4) is 0 Å². The number of hydrogen-bond donors (Lipinski definition) is 1. The molecule has 0 aliphatic carbocycles. The van der Waals surface area contributed by atoms with Gasteiger partial charge in [-0.2, -0.15) is 0 Å². The van der Waals surface area contributed by atoms with Gasteiger partial charge in [0.05, 0.1) is 0 Å². The summed E-state index contributed by atoms with van der Waals surface area (Å²) < 4.78 is 0. The maximum atomic E-state index is 5.77. The minimum Gasteiger partial charge on any atom is -0.340 e. The Kier molecular flexibility index (Phi) is 4.69. The van der Waals surface area contributed by atoms with Crippen molar-refractivity contribution in [2.75, 3.05) is 11.9 Å². The van der Waals surface area contributed by atoms with Crippen molar-refractivity contribution >= 4 is 5.95 Å². The Hall–Kier alpha value is -1.94. The maximum Gasteiger partial charge on any atom is 0.225 e. The van der Waals surface area contributed by atoms with Crippen LogP contribution in [0.2, 0.25) is 0 Å². The number of nitrogens with zero attached hydrogens (tertiary/aromatic N) is 3. The number of hydrogen-bond acceptors (Lipinski definition) is 4. The van der Waals surface area contributed by atoms with Gasteiger partial charge in [-0.15, -0.1) is 0 Å². The standard InChI is InChI=1S/C16H22N4/c1-12-4-6-14(7-5-12)11-20(3)16-18-9-15(10-19-16)8-13(2)17/h4-7,9-10,13H,8,11,17H2,1-3H3. The highest BCUT2D eigenvalue weighted by molar-refractivity contribution is 5.32. The fourth-order valence-electron chi connectivity index (χ4n) is 2.06. The molecule has 0 aliphatic heterocycles. The van der Waals surface area contributed by atoms with Crippen molar-refractivity contribution < 1.29 is 0 Å². The molecule has 1 heterocycles. The van der Waals surface area contributed by atoms with Gasteiger partial charge in [-0.25, -0.2) is 9.97 Å². The average molecular weight is 270 g/mol. The molecule has 0 amide bonds. The molecule has 0 aliphatic rings. The van der Waals surface area contributed by atoms with Crippen molar-refractivity contribution in [1.29, 1.82) is 0 Å². The zero-order valence-electron chi connectivity index (χ0n) is 12.4. The maximum absolute atomic E-state index is 5.77. The van der Waals surface area contributed by atoms with Crippen LogP contribution in [-0.2, 0) is 13.0 Å². The Balaban J connectivity index is 2.01. The molecule has 1 atom stereocenters. The van der Waals surface area contributed by atoms with Gasteiger partial charge in [0.2, 0.25) is 5.95 Å². The average Bonchev–Trinajstić information content (AvgIpc) is 2.41. The number of rotatable bonds is 5. The quantitative estimate of drug-likeness (QED) is 0.906. The highest BCUT2D eigenvalue weighted by Crippen LogP contribution is 2.11. The molecule has 0 radical (unpaired) electrons. The molecule has 1 unspecified atom stereocenters. The second-order valence-electron chi connectivity index (χ2n) is 5.41. The summed E-state index contributed by atoms with van der Waals surface area (Å²) in [4.78, 5) is 10.9. The summed E-state index contributed by atoms with van der Waals surface area (Å²) in [5, 5.41) is 0. The lowest BCUT2D eigenvalue weighted by molar-refractivity contribution is 0.730. The van der Waals surface area contributed by atoms with Crippen molar-refractivity contribution in [2.45, 2.75) is 32.9 Å². The second-order valence-corrected chi connectivity index (χ2v) is 5.41. The zero-order chi connectivity index (χ0) is 14.5. The summed E-state index contributed by atoms with van der Waals surface area (Å²) in [5.74, 6) is 0.735. The van der Waals surface area contributed by atoms with Crippen LogP contribution in [0.15, 0.2) is 36.7 Å². The van der Waals surface area contributed by atoms with Gasteiger partial charge in [0, 0.05) is 32.0 Å². The van der Waals surface area contributed by atoms with E-state index in [1.54, 1.807) is 0 Å². The Bertz CT molecular complexity index is 531. The predicted molar refractivity (Wildman–Crippen MR) is 82.7 cm³/mol. The number of aromatic nitrogens is 2. The van der Waals surface area contributed by atoms with E-state index in [1.807, 2.05) is 31.3 Å². The third-order valence-corrected chi connectivity index (χ3v) is 3.13. The topological polar surface area (TPSA) is 55.0 Å².